The Kier molecular flexibility index (Phi) is 8.11. The van der Waals surface area contributed by atoms with Gasteiger partial charge in [0.1, 0.15) is 11.5 Å². The van der Waals surface area contributed by atoms with Crippen LogP contribution in [-0.4, -0.2) is 28.5 Å². The number of rotatable bonds is 4. The predicted octanol–water partition coefficient (Wildman–Crippen LogP) is 2.82. The van der Waals surface area contributed by atoms with Crippen molar-refractivity contribution in [1.29, 1.82) is 0 Å². The Morgan fingerprint density at radius 3 is 2.56 bits per heavy atom. The third kappa shape index (κ3) is 4.90. The molecule has 0 radical (unpaired) electrons. The molecule has 0 bridgehead atoms. The fourth-order valence-corrected chi connectivity index (χ4v) is 1.47. The van der Waals surface area contributed by atoms with Crippen LogP contribution in [0.4, 0.5) is 11.5 Å². The second-order valence-electron chi connectivity index (χ2n) is 2.74. The van der Waals surface area contributed by atoms with E-state index < -0.39 is 0 Å². The summed E-state index contributed by atoms with van der Waals surface area (Å²) in [7, 11) is 0. The van der Waals surface area contributed by atoms with Gasteiger partial charge in [-0.15, -0.1) is 0 Å². The Bertz CT molecular complexity index is 320. The van der Waals surface area contributed by atoms with E-state index >= 15 is 0 Å². The molecule has 0 atom stereocenters. The van der Waals surface area contributed by atoms with E-state index in [4.69, 9.17) is 17.3 Å². The summed E-state index contributed by atoms with van der Waals surface area (Å²) in [4.78, 5) is 8.11. The Morgan fingerprint density at radius 2 is 2.00 bits per heavy atom. The smallest absolute Gasteiger partial charge is 0.157 e. The Morgan fingerprint density at radius 1 is 1.38 bits per heavy atom. The van der Waals surface area contributed by atoms with Gasteiger partial charge in [-0.3, -0.25) is 0 Å². The summed E-state index contributed by atoms with van der Waals surface area (Å²) in [5.41, 5.74) is 6.12. The number of aromatic nitrogens is 2. The first-order chi connectivity index (χ1) is 7.65. The van der Waals surface area contributed by atoms with Gasteiger partial charge in [-0.25, -0.2) is 9.97 Å². The lowest BCUT2D eigenvalue weighted by Gasteiger charge is -2.08. The van der Waals surface area contributed by atoms with Crippen molar-refractivity contribution in [2.45, 2.75) is 20.8 Å². The first-order valence-corrected chi connectivity index (χ1v) is 6.94. The van der Waals surface area contributed by atoms with Gasteiger partial charge in [-0.1, -0.05) is 25.4 Å². The molecule has 0 aliphatic heterocycles. The molecule has 0 spiro atoms. The van der Waals surface area contributed by atoms with Gasteiger partial charge in [0.25, 0.3) is 0 Å². The molecule has 0 aliphatic rings. The standard InChI is InChI=1S/C8H13ClN4S.C2H6/c1-5-12-7(9)6(10)8(13-5)11-3-4-14-2;1-2/h3-4,10H2,1-2H3,(H,11,12,13);1-2H3. The molecule has 1 heterocycles. The summed E-state index contributed by atoms with van der Waals surface area (Å²) in [6.45, 7) is 6.60. The molecule has 3 N–H and O–H groups in total. The number of hydrogen-bond donors (Lipinski definition) is 2. The molecule has 0 saturated carbocycles. The number of thioether (sulfide) groups is 1. The van der Waals surface area contributed by atoms with E-state index in [1.807, 2.05) is 20.1 Å². The molecule has 1 aromatic heterocycles. The second-order valence-corrected chi connectivity index (χ2v) is 4.09. The van der Waals surface area contributed by atoms with Crippen LogP contribution in [0.15, 0.2) is 0 Å². The summed E-state index contributed by atoms with van der Waals surface area (Å²) in [5, 5.41) is 3.42. The second kappa shape index (κ2) is 8.47. The van der Waals surface area contributed by atoms with E-state index in [2.05, 4.69) is 15.3 Å². The van der Waals surface area contributed by atoms with Crippen LogP contribution in [-0.2, 0) is 0 Å². The molecule has 0 aromatic carbocycles. The molecular weight excluding hydrogens is 244 g/mol. The van der Waals surface area contributed by atoms with Crippen LogP contribution in [0.2, 0.25) is 5.15 Å². The highest BCUT2D eigenvalue weighted by Crippen LogP contribution is 2.23. The SMILES string of the molecule is CC.CSCCNc1nc(C)nc(Cl)c1N. The van der Waals surface area contributed by atoms with Crippen molar-refractivity contribution in [3.05, 3.63) is 11.0 Å². The third-order valence-electron chi connectivity index (χ3n) is 1.61. The highest BCUT2D eigenvalue weighted by molar-refractivity contribution is 7.98. The van der Waals surface area contributed by atoms with Crippen LogP contribution in [0, 0.1) is 6.92 Å². The highest BCUT2D eigenvalue weighted by Gasteiger charge is 2.06. The van der Waals surface area contributed by atoms with Crippen LogP contribution in [0.3, 0.4) is 0 Å². The Labute approximate surface area is 106 Å². The maximum Gasteiger partial charge on any atom is 0.157 e. The first-order valence-electron chi connectivity index (χ1n) is 5.17. The van der Waals surface area contributed by atoms with E-state index in [-0.39, 0.29) is 0 Å². The largest absolute Gasteiger partial charge is 0.393 e. The Hall–Kier alpha value is -0.680. The van der Waals surface area contributed by atoms with Gasteiger partial charge in [-0.05, 0) is 13.2 Å². The minimum atomic E-state index is 0.309. The highest BCUT2D eigenvalue weighted by atomic mass is 35.5. The predicted molar refractivity (Wildman–Crippen MR) is 74.4 cm³/mol. The van der Waals surface area contributed by atoms with Crippen LogP contribution >= 0.6 is 23.4 Å². The molecular formula is C10H19ClN4S. The molecule has 4 nitrogen and oxygen atoms in total. The zero-order valence-electron chi connectivity index (χ0n) is 10.2. The van der Waals surface area contributed by atoms with Crippen molar-refractivity contribution in [2.75, 3.05) is 29.6 Å². The van der Waals surface area contributed by atoms with Crippen LogP contribution in [0.5, 0.6) is 0 Å². The number of anilines is 2. The van der Waals surface area contributed by atoms with Crippen molar-refractivity contribution >= 4 is 34.9 Å². The molecule has 1 rings (SSSR count). The molecule has 0 amide bonds. The third-order valence-corrected chi connectivity index (χ3v) is 2.51. The lowest BCUT2D eigenvalue weighted by atomic mass is 10.4. The van der Waals surface area contributed by atoms with Crippen LogP contribution < -0.4 is 11.1 Å². The molecule has 6 heteroatoms. The van der Waals surface area contributed by atoms with Gasteiger partial charge in [0.15, 0.2) is 11.0 Å². The molecule has 16 heavy (non-hydrogen) atoms. The lowest BCUT2D eigenvalue weighted by Crippen LogP contribution is -2.09. The molecule has 0 aliphatic carbocycles. The molecule has 0 fully saturated rings. The van der Waals surface area contributed by atoms with Crippen molar-refractivity contribution in [2.24, 2.45) is 0 Å². The first kappa shape index (κ1) is 15.3. The Balaban J connectivity index is 0.00000106. The van der Waals surface area contributed by atoms with Gasteiger partial charge in [0.05, 0.1) is 0 Å². The maximum absolute atomic E-state index is 5.81. The van der Waals surface area contributed by atoms with Crippen molar-refractivity contribution in [1.82, 2.24) is 9.97 Å². The number of nitrogen functional groups attached to an aromatic ring is 1. The van der Waals surface area contributed by atoms with E-state index in [0.29, 0.717) is 22.5 Å². The van der Waals surface area contributed by atoms with Gasteiger partial charge in [-0.2, -0.15) is 11.8 Å². The molecule has 92 valence electrons. The van der Waals surface area contributed by atoms with Gasteiger partial charge in [0, 0.05) is 12.3 Å². The maximum atomic E-state index is 5.81. The van der Waals surface area contributed by atoms with Crippen LogP contribution in [0.1, 0.15) is 19.7 Å². The normalized spacial score (nSPS) is 9.31. The van der Waals surface area contributed by atoms with Gasteiger partial charge < -0.3 is 11.1 Å². The summed E-state index contributed by atoms with van der Waals surface area (Å²) in [6.07, 6.45) is 2.04. The topological polar surface area (TPSA) is 63.8 Å². The minimum absolute atomic E-state index is 0.309. The van der Waals surface area contributed by atoms with E-state index in [0.717, 1.165) is 12.3 Å². The quantitative estimate of drug-likeness (QED) is 0.645. The van der Waals surface area contributed by atoms with E-state index in [1.54, 1.807) is 18.7 Å². The fourth-order valence-electron chi connectivity index (χ4n) is 0.953. The van der Waals surface area contributed by atoms with Gasteiger partial charge in [0.2, 0.25) is 0 Å². The van der Waals surface area contributed by atoms with E-state index in [1.165, 1.54) is 0 Å². The minimum Gasteiger partial charge on any atom is -0.393 e. The number of nitrogens with two attached hydrogens (primary N) is 1. The van der Waals surface area contributed by atoms with Crippen LogP contribution in [0.25, 0.3) is 0 Å². The average Bonchev–Trinajstić information content (AvgIpc) is 2.28. The average molecular weight is 263 g/mol. The summed E-state index contributed by atoms with van der Waals surface area (Å²) >= 11 is 7.57. The van der Waals surface area contributed by atoms with Crippen molar-refractivity contribution in [3.8, 4) is 0 Å². The van der Waals surface area contributed by atoms with E-state index in [9.17, 15) is 0 Å². The molecule has 0 saturated heterocycles. The number of halogens is 1. The molecule has 0 unspecified atom stereocenters. The summed E-state index contributed by atoms with van der Waals surface area (Å²) < 4.78 is 0. The monoisotopic (exact) mass is 262 g/mol. The number of nitrogens with zero attached hydrogens (tertiary/aromatic N) is 2. The number of nitrogens with one attached hydrogen (secondary N) is 1. The zero-order valence-corrected chi connectivity index (χ0v) is 11.7. The number of aryl methyl sites for hydroxylation is 1. The number of hydrogen-bond acceptors (Lipinski definition) is 5. The van der Waals surface area contributed by atoms with Crippen molar-refractivity contribution < 1.29 is 0 Å². The lowest BCUT2D eigenvalue weighted by molar-refractivity contribution is 1.04. The molecule has 1 aromatic rings. The van der Waals surface area contributed by atoms with Gasteiger partial charge >= 0.3 is 0 Å². The van der Waals surface area contributed by atoms with Crippen molar-refractivity contribution in [3.63, 3.8) is 0 Å². The fraction of sp³-hybridized carbons (Fsp3) is 0.600. The summed E-state index contributed by atoms with van der Waals surface area (Å²) in [5.74, 6) is 2.24. The zero-order chi connectivity index (χ0) is 12.6. The summed E-state index contributed by atoms with van der Waals surface area (Å²) in [6, 6.07) is 0.